The highest BCUT2D eigenvalue weighted by molar-refractivity contribution is 6.32. The van der Waals surface area contributed by atoms with Crippen molar-refractivity contribution in [3.8, 4) is 0 Å². The third kappa shape index (κ3) is 4.36. The summed E-state index contributed by atoms with van der Waals surface area (Å²) >= 11 is 5.66. The molecule has 0 aliphatic carbocycles. The van der Waals surface area contributed by atoms with Crippen molar-refractivity contribution in [1.82, 2.24) is 5.32 Å². The lowest BCUT2D eigenvalue weighted by Crippen LogP contribution is -2.41. The molecule has 0 radical (unpaired) electrons. The molecule has 0 bridgehead atoms. The van der Waals surface area contributed by atoms with Crippen LogP contribution in [0.1, 0.15) is 12.5 Å². The van der Waals surface area contributed by atoms with Gasteiger partial charge in [0.1, 0.15) is 11.1 Å². The van der Waals surface area contributed by atoms with Gasteiger partial charge in [0.05, 0.1) is 4.92 Å². The van der Waals surface area contributed by atoms with Crippen LogP contribution in [0.4, 0.5) is 5.69 Å². The second kappa shape index (κ2) is 6.67. The average Bonchev–Trinajstić information content (AvgIpc) is 2.37. The molecule has 106 valence electrons. The topological polar surface area (TPSA) is 115 Å². The van der Waals surface area contributed by atoms with E-state index in [2.05, 4.69) is 5.32 Å². The molecule has 0 saturated heterocycles. The molecule has 0 spiro atoms. The summed E-state index contributed by atoms with van der Waals surface area (Å²) in [6, 6.07) is 3.33. The van der Waals surface area contributed by atoms with Gasteiger partial charge in [-0.1, -0.05) is 17.7 Å². The van der Waals surface area contributed by atoms with Crippen LogP contribution in [-0.2, 0) is 9.59 Å². The summed E-state index contributed by atoms with van der Waals surface area (Å²) in [5.74, 6) is -1.19. The molecular weight excluding hydrogens is 286 g/mol. The summed E-state index contributed by atoms with van der Waals surface area (Å²) in [5.41, 5.74) is 5.18. The molecule has 0 aliphatic heterocycles. The zero-order valence-corrected chi connectivity index (χ0v) is 11.3. The Balaban J connectivity index is 2.80. The molecular formula is C12H12ClN3O4. The van der Waals surface area contributed by atoms with Gasteiger partial charge in [-0.25, -0.2) is 0 Å². The molecule has 8 heteroatoms. The van der Waals surface area contributed by atoms with Crippen molar-refractivity contribution in [3.63, 3.8) is 0 Å². The molecule has 3 N–H and O–H groups in total. The van der Waals surface area contributed by atoms with E-state index in [0.29, 0.717) is 5.56 Å². The van der Waals surface area contributed by atoms with E-state index in [0.717, 1.165) is 6.08 Å². The predicted molar refractivity (Wildman–Crippen MR) is 73.9 cm³/mol. The lowest BCUT2D eigenvalue weighted by atomic mass is 10.2. The number of carbonyl (C=O) groups is 2. The Hall–Kier alpha value is -2.41. The minimum Gasteiger partial charge on any atom is -0.368 e. The first-order valence-corrected chi connectivity index (χ1v) is 5.91. The largest absolute Gasteiger partial charge is 0.368 e. The molecule has 0 aromatic heterocycles. The van der Waals surface area contributed by atoms with Crippen LogP contribution >= 0.6 is 11.6 Å². The number of nitrogens with one attached hydrogen (secondary N) is 1. The second-order valence-electron chi connectivity index (χ2n) is 3.93. The lowest BCUT2D eigenvalue weighted by Gasteiger charge is -2.07. The first kappa shape index (κ1) is 15.6. The normalized spacial score (nSPS) is 12.1. The Morgan fingerprint density at radius 2 is 2.15 bits per heavy atom. The smallest absolute Gasteiger partial charge is 0.288 e. The van der Waals surface area contributed by atoms with E-state index in [1.165, 1.54) is 31.2 Å². The molecule has 1 aromatic carbocycles. The summed E-state index contributed by atoms with van der Waals surface area (Å²) in [4.78, 5) is 32.3. The second-order valence-corrected chi connectivity index (χ2v) is 4.34. The zero-order chi connectivity index (χ0) is 15.3. The number of nitro groups is 1. The highest BCUT2D eigenvalue weighted by Crippen LogP contribution is 2.25. The summed E-state index contributed by atoms with van der Waals surface area (Å²) < 4.78 is 0. The van der Waals surface area contributed by atoms with Gasteiger partial charge in [-0.05, 0) is 24.6 Å². The van der Waals surface area contributed by atoms with E-state index in [-0.39, 0.29) is 10.7 Å². The van der Waals surface area contributed by atoms with Crippen LogP contribution in [-0.4, -0.2) is 22.8 Å². The third-order valence-corrected chi connectivity index (χ3v) is 2.70. The lowest BCUT2D eigenvalue weighted by molar-refractivity contribution is -0.384. The fourth-order valence-corrected chi connectivity index (χ4v) is 1.46. The van der Waals surface area contributed by atoms with Gasteiger partial charge in [0.25, 0.3) is 5.69 Å². The molecule has 1 unspecified atom stereocenters. The molecule has 0 heterocycles. The van der Waals surface area contributed by atoms with Crippen molar-refractivity contribution in [3.05, 3.63) is 45.0 Å². The van der Waals surface area contributed by atoms with Gasteiger partial charge in [0, 0.05) is 12.1 Å². The van der Waals surface area contributed by atoms with E-state index in [4.69, 9.17) is 17.3 Å². The SMILES string of the molecule is CC(NC(=O)/C=C/c1ccc(Cl)c([N+](=O)[O-])c1)C(N)=O. The minimum atomic E-state index is -0.799. The number of halogens is 1. The van der Waals surface area contributed by atoms with E-state index in [1.54, 1.807) is 0 Å². The molecule has 2 amide bonds. The monoisotopic (exact) mass is 297 g/mol. The molecule has 0 fully saturated rings. The van der Waals surface area contributed by atoms with Gasteiger partial charge >= 0.3 is 0 Å². The predicted octanol–water partition coefficient (Wildman–Crippen LogP) is 1.25. The van der Waals surface area contributed by atoms with Crippen LogP contribution in [0.25, 0.3) is 6.08 Å². The van der Waals surface area contributed by atoms with Crippen molar-refractivity contribution in [1.29, 1.82) is 0 Å². The van der Waals surface area contributed by atoms with E-state index in [1.807, 2.05) is 0 Å². The van der Waals surface area contributed by atoms with E-state index in [9.17, 15) is 19.7 Å². The van der Waals surface area contributed by atoms with Gasteiger partial charge in [-0.15, -0.1) is 0 Å². The Bertz CT molecular complexity index is 586. The fourth-order valence-electron chi connectivity index (χ4n) is 1.28. The standard InChI is InChI=1S/C12H12ClN3O4/c1-7(12(14)18)15-11(17)5-3-8-2-4-9(13)10(6-8)16(19)20/h2-7H,1H3,(H2,14,18)(H,15,17)/b5-3+. The number of nitrogens with two attached hydrogens (primary N) is 1. The summed E-state index contributed by atoms with van der Waals surface area (Å²) in [6.45, 7) is 1.45. The van der Waals surface area contributed by atoms with Gasteiger partial charge in [0.15, 0.2) is 0 Å². The summed E-state index contributed by atoms with van der Waals surface area (Å²) in [7, 11) is 0. The number of benzene rings is 1. The molecule has 0 saturated carbocycles. The van der Waals surface area contributed by atoms with Gasteiger partial charge in [-0.2, -0.15) is 0 Å². The number of nitro benzene ring substituents is 1. The molecule has 7 nitrogen and oxygen atoms in total. The summed E-state index contributed by atoms with van der Waals surface area (Å²) in [5, 5.41) is 13.0. The number of hydrogen-bond acceptors (Lipinski definition) is 4. The quantitative estimate of drug-likeness (QED) is 0.483. The summed E-state index contributed by atoms with van der Waals surface area (Å²) in [6.07, 6.45) is 2.51. The third-order valence-electron chi connectivity index (χ3n) is 2.38. The molecule has 0 aliphatic rings. The van der Waals surface area contributed by atoms with Crippen LogP contribution in [0, 0.1) is 10.1 Å². The number of amides is 2. The maximum absolute atomic E-state index is 11.5. The minimum absolute atomic E-state index is 0.0129. The highest BCUT2D eigenvalue weighted by Gasteiger charge is 2.12. The van der Waals surface area contributed by atoms with E-state index < -0.39 is 22.8 Å². The van der Waals surface area contributed by atoms with Crippen molar-refractivity contribution in [2.75, 3.05) is 0 Å². The fraction of sp³-hybridized carbons (Fsp3) is 0.167. The Morgan fingerprint density at radius 1 is 1.50 bits per heavy atom. The maximum atomic E-state index is 11.5. The van der Waals surface area contributed by atoms with Crippen LogP contribution in [0.5, 0.6) is 0 Å². The van der Waals surface area contributed by atoms with Crippen LogP contribution in [0.3, 0.4) is 0 Å². The Labute approximate surface area is 119 Å². The van der Waals surface area contributed by atoms with Crippen molar-refractivity contribution in [2.45, 2.75) is 13.0 Å². The number of hydrogen-bond donors (Lipinski definition) is 2. The Morgan fingerprint density at radius 3 is 2.70 bits per heavy atom. The Kier molecular flexibility index (Phi) is 5.22. The zero-order valence-electron chi connectivity index (χ0n) is 10.5. The number of nitrogens with zero attached hydrogens (tertiary/aromatic N) is 1. The van der Waals surface area contributed by atoms with Crippen molar-refractivity contribution >= 4 is 35.2 Å². The number of rotatable bonds is 5. The highest BCUT2D eigenvalue weighted by atomic mass is 35.5. The van der Waals surface area contributed by atoms with Crippen molar-refractivity contribution in [2.24, 2.45) is 5.73 Å². The van der Waals surface area contributed by atoms with Gasteiger partial charge in [-0.3, -0.25) is 19.7 Å². The first-order valence-electron chi connectivity index (χ1n) is 5.53. The van der Waals surface area contributed by atoms with Crippen molar-refractivity contribution < 1.29 is 14.5 Å². The molecule has 1 aromatic rings. The number of carbonyl (C=O) groups excluding carboxylic acids is 2. The van der Waals surface area contributed by atoms with E-state index >= 15 is 0 Å². The van der Waals surface area contributed by atoms with Crippen LogP contribution in [0.15, 0.2) is 24.3 Å². The number of primary amides is 1. The molecule has 1 rings (SSSR count). The van der Waals surface area contributed by atoms with Gasteiger partial charge in [0.2, 0.25) is 11.8 Å². The van der Waals surface area contributed by atoms with Crippen LogP contribution < -0.4 is 11.1 Å². The van der Waals surface area contributed by atoms with Gasteiger partial charge < -0.3 is 11.1 Å². The average molecular weight is 298 g/mol. The maximum Gasteiger partial charge on any atom is 0.288 e. The molecule has 20 heavy (non-hydrogen) atoms. The van der Waals surface area contributed by atoms with Crippen LogP contribution in [0.2, 0.25) is 5.02 Å². The molecule has 1 atom stereocenters. The first-order chi connectivity index (χ1) is 9.31.